The molecule has 1 atom stereocenters. The first-order chi connectivity index (χ1) is 15.1. The molecular weight excluding hydrogens is 394 g/mol. The average molecular weight is 426 g/mol. The fourth-order valence-electron chi connectivity index (χ4n) is 3.66. The fraction of sp³-hybridized carbons (Fsp3) is 0.400. The lowest BCUT2D eigenvalue weighted by Crippen LogP contribution is -2.39. The molecule has 0 saturated carbocycles. The highest BCUT2D eigenvalue weighted by Gasteiger charge is 2.24. The summed E-state index contributed by atoms with van der Waals surface area (Å²) in [6.07, 6.45) is 5.96. The summed E-state index contributed by atoms with van der Waals surface area (Å²) in [5.41, 5.74) is 1.96. The number of rotatable bonds is 10. The molecule has 166 valence electrons. The van der Waals surface area contributed by atoms with Gasteiger partial charge in [0.05, 0.1) is 20.3 Å². The maximum atomic E-state index is 13.1. The Bertz CT molecular complexity index is 889. The van der Waals surface area contributed by atoms with Crippen molar-refractivity contribution in [1.82, 2.24) is 4.90 Å². The largest absolute Gasteiger partial charge is 0.496 e. The van der Waals surface area contributed by atoms with Gasteiger partial charge in [-0.3, -0.25) is 4.79 Å². The van der Waals surface area contributed by atoms with Crippen molar-refractivity contribution >= 4 is 12.0 Å². The van der Waals surface area contributed by atoms with Crippen LogP contribution in [-0.4, -0.2) is 50.9 Å². The van der Waals surface area contributed by atoms with Crippen LogP contribution in [-0.2, 0) is 16.1 Å². The molecule has 1 heterocycles. The number of allylic oxidation sites excluding steroid dienone is 1. The molecule has 3 rings (SSSR count). The lowest BCUT2D eigenvalue weighted by Gasteiger charge is -2.26. The van der Waals surface area contributed by atoms with Gasteiger partial charge < -0.3 is 23.8 Å². The molecule has 2 aromatic carbocycles. The van der Waals surface area contributed by atoms with Gasteiger partial charge in [-0.1, -0.05) is 36.4 Å². The highest BCUT2D eigenvalue weighted by Crippen LogP contribution is 2.29. The summed E-state index contributed by atoms with van der Waals surface area (Å²) in [6, 6.07) is 13.4. The summed E-state index contributed by atoms with van der Waals surface area (Å²) >= 11 is 0. The van der Waals surface area contributed by atoms with E-state index in [1.54, 1.807) is 19.1 Å². The van der Waals surface area contributed by atoms with Crippen molar-refractivity contribution in [3.8, 4) is 17.2 Å². The van der Waals surface area contributed by atoms with Crippen LogP contribution in [0.2, 0.25) is 0 Å². The number of carbonyl (C=O) groups excluding carboxylic acids is 1. The predicted octanol–water partition coefficient (Wildman–Crippen LogP) is 4.32. The Morgan fingerprint density at radius 3 is 2.65 bits per heavy atom. The molecule has 1 aliphatic heterocycles. The number of para-hydroxylation sites is 1. The van der Waals surface area contributed by atoms with Crippen LogP contribution < -0.4 is 14.2 Å². The molecule has 1 saturated heterocycles. The number of nitrogens with zero attached hydrogens (tertiary/aromatic N) is 1. The van der Waals surface area contributed by atoms with Gasteiger partial charge in [-0.05, 0) is 43.5 Å². The second-order valence-electron chi connectivity index (χ2n) is 7.42. The van der Waals surface area contributed by atoms with Crippen LogP contribution in [0, 0.1) is 0 Å². The third-order valence-electron chi connectivity index (χ3n) is 5.25. The van der Waals surface area contributed by atoms with E-state index in [9.17, 15) is 4.79 Å². The Balaban J connectivity index is 1.72. The molecule has 0 spiro atoms. The second kappa shape index (κ2) is 11.4. The van der Waals surface area contributed by atoms with Crippen molar-refractivity contribution in [2.24, 2.45) is 0 Å². The Hall–Kier alpha value is -2.99. The molecule has 0 aromatic heterocycles. The van der Waals surface area contributed by atoms with Gasteiger partial charge in [0.25, 0.3) is 5.91 Å². The van der Waals surface area contributed by atoms with Crippen molar-refractivity contribution in [3.05, 3.63) is 59.7 Å². The summed E-state index contributed by atoms with van der Waals surface area (Å²) in [5.74, 6) is 1.79. The Labute approximate surface area is 184 Å². The van der Waals surface area contributed by atoms with E-state index in [1.807, 2.05) is 61.5 Å². The molecule has 1 fully saturated rings. The normalized spacial score (nSPS) is 15.8. The third kappa shape index (κ3) is 6.25. The maximum absolute atomic E-state index is 13.1. The van der Waals surface area contributed by atoms with Gasteiger partial charge in [-0.2, -0.15) is 0 Å². The molecule has 1 amide bonds. The molecule has 31 heavy (non-hydrogen) atoms. The van der Waals surface area contributed by atoms with E-state index < -0.39 is 0 Å². The van der Waals surface area contributed by atoms with Crippen molar-refractivity contribution in [3.63, 3.8) is 0 Å². The number of amides is 1. The second-order valence-corrected chi connectivity index (χ2v) is 7.42. The average Bonchev–Trinajstić information content (AvgIpc) is 3.31. The van der Waals surface area contributed by atoms with Crippen LogP contribution >= 0.6 is 0 Å². The first-order valence-corrected chi connectivity index (χ1v) is 10.6. The van der Waals surface area contributed by atoms with E-state index in [0.717, 1.165) is 36.3 Å². The molecule has 1 aliphatic rings. The van der Waals surface area contributed by atoms with E-state index in [1.165, 1.54) is 0 Å². The minimum absolute atomic E-state index is 0.0494. The van der Waals surface area contributed by atoms with Crippen LogP contribution in [0.15, 0.2) is 48.5 Å². The van der Waals surface area contributed by atoms with Gasteiger partial charge >= 0.3 is 0 Å². The Kier molecular flexibility index (Phi) is 8.35. The minimum Gasteiger partial charge on any atom is -0.496 e. The van der Waals surface area contributed by atoms with E-state index in [2.05, 4.69) is 0 Å². The number of hydrogen-bond donors (Lipinski definition) is 0. The van der Waals surface area contributed by atoms with Crippen LogP contribution in [0.3, 0.4) is 0 Å². The number of benzene rings is 2. The van der Waals surface area contributed by atoms with Gasteiger partial charge in [0.2, 0.25) is 0 Å². The first-order valence-electron chi connectivity index (χ1n) is 10.6. The summed E-state index contributed by atoms with van der Waals surface area (Å²) in [4.78, 5) is 14.9. The molecule has 6 nitrogen and oxygen atoms in total. The third-order valence-corrected chi connectivity index (χ3v) is 5.25. The quantitative estimate of drug-likeness (QED) is 0.567. The number of carbonyl (C=O) groups is 1. The van der Waals surface area contributed by atoms with Crippen LogP contribution in [0.1, 0.15) is 30.9 Å². The summed E-state index contributed by atoms with van der Waals surface area (Å²) in [6.45, 7) is 3.58. The smallest absolute Gasteiger partial charge is 0.260 e. The Morgan fingerprint density at radius 1 is 1.13 bits per heavy atom. The standard InChI is InChI=1S/C25H31NO5/c1-4-8-19-12-13-23(24(15-19)29-3)31-18-25(27)26(17-21-10-7-14-30-21)16-20-9-5-6-11-22(20)28-2/h4-6,8-9,11-13,15,21H,7,10,14,16-18H2,1-3H3/b8-4+. The zero-order valence-corrected chi connectivity index (χ0v) is 18.5. The highest BCUT2D eigenvalue weighted by molar-refractivity contribution is 5.78. The van der Waals surface area contributed by atoms with Crippen molar-refractivity contribution in [2.45, 2.75) is 32.4 Å². The SMILES string of the molecule is C/C=C/c1ccc(OCC(=O)N(Cc2ccccc2OC)CC2CCCO2)c(OC)c1. The van der Waals surface area contributed by atoms with Crippen molar-refractivity contribution < 1.29 is 23.7 Å². The monoisotopic (exact) mass is 425 g/mol. The van der Waals surface area contributed by atoms with Gasteiger partial charge in [0, 0.05) is 25.3 Å². The Morgan fingerprint density at radius 2 is 1.94 bits per heavy atom. The number of methoxy groups -OCH3 is 2. The lowest BCUT2D eigenvalue weighted by atomic mass is 10.1. The topological polar surface area (TPSA) is 57.2 Å². The van der Waals surface area contributed by atoms with Crippen molar-refractivity contribution in [2.75, 3.05) is 34.0 Å². The first kappa shape index (κ1) is 22.7. The predicted molar refractivity (Wildman–Crippen MR) is 121 cm³/mol. The fourth-order valence-corrected chi connectivity index (χ4v) is 3.66. The van der Waals surface area contributed by atoms with Gasteiger partial charge in [-0.15, -0.1) is 0 Å². The van der Waals surface area contributed by atoms with Crippen LogP contribution in [0.5, 0.6) is 17.2 Å². The number of ether oxygens (including phenoxy) is 4. The zero-order chi connectivity index (χ0) is 22.1. The molecule has 2 aromatic rings. The molecule has 0 bridgehead atoms. The van der Waals surface area contributed by atoms with E-state index in [0.29, 0.717) is 24.6 Å². The van der Waals surface area contributed by atoms with Crippen LogP contribution in [0.25, 0.3) is 6.08 Å². The summed E-state index contributed by atoms with van der Waals surface area (Å²) in [7, 11) is 3.23. The molecule has 6 heteroatoms. The summed E-state index contributed by atoms with van der Waals surface area (Å²) in [5, 5.41) is 0. The summed E-state index contributed by atoms with van der Waals surface area (Å²) < 4.78 is 22.5. The van der Waals surface area contributed by atoms with E-state index in [-0.39, 0.29) is 18.6 Å². The number of hydrogen-bond acceptors (Lipinski definition) is 5. The zero-order valence-electron chi connectivity index (χ0n) is 18.5. The van der Waals surface area contributed by atoms with Crippen LogP contribution in [0.4, 0.5) is 0 Å². The minimum atomic E-state index is -0.110. The molecule has 0 N–H and O–H groups in total. The van der Waals surface area contributed by atoms with E-state index >= 15 is 0 Å². The van der Waals surface area contributed by atoms with Gasteiger partial charge in [-0.25, -0.2) is 0 Å². The molecule has 0 aliphatic carbocycles. The molecule has 1 unspecified atom stereocenters. The van der Waals surface area contributed by atoms with Crippen molar-refractivity contribution in [1.29, 1.82) is 0 Å². The lowest BCUT2D eigenvalue weighted by molar-refractivity contribution is -0.135. The van der Waals surface area contributed by atoms with Gasteiger partial charge in [0.15, 0.2) is 18.1 Å². The van der Waals surface area contributed by atoms with E-state index in [4.69, 9.17) is 18.9 Å². The maximum Gasteiger partial charge on any atom is 0.260 e. The highest BCUT2D eigenvalue weighted by atomic mass is 16.5. The molecule has 0 radical (unpaired) electrons. The van der Waals surface area contributed by atoms with Gasteiger partial charge in [0.1, 0.15) is 5.75 Å². The molecular formula is C25H31NO5.